The van der Waals surface area contributed by atoms with Crippen LogP contribution < -0.4 is 11.1 Å². The van der Waals surface area contributed by atoms with Gasteiger partial charge in [0.1, 0.15) is 11.6 Å². The topological polar surface area (TPSA) is 116 Å². The highest BCUT2D eigenvalue weighted by molar-refractivity contribution is 5.82. The summed E-state index contributed by atoms with van der Waals surface area (Å²) in [5.74, 6) is -0.420. The third-order valence-electron chi connectivity index (χ3n) is 3.24. The van der Waals surface area contributed by atoms with Crippen LogP contribution in [-0.4, -0.2) is 40.8 Å². The number of anilines is 1. The number of nitrogens with zero attached hydrogens (tertiary/aromatic N) is 2. The molecule has 1 unspecified atom stereocenters. The number of carbonyl (C=O) groups is 2. The molecule has 1 heterocycles. The Morgan fingerprint density at radius 1 is 1.17 bits per heavy atom. The standard InChI is InChI=1S/C15H24N4O4/c1-14(2,3)23-13(21)19-12-17-7-9(8-18-12)15(4,5)10(16)11(20)22-6/h7-8,10H,16H2,1-6H3,(H,17,18,19,21). The van der Waals surface area contributed by atoms with Crippen molar-refractivity contribution in [2.45, 2.75) is 51.7 Å². The van der Waals surface area contributed by atoms with E-state index in [0.29, 0.717) is 5.56 Å². The maximum absolute atomic E-state index is 11.7. The summed E-state index contributed by atoms with van der Waals surface area (Å²) in [6.45, 7) is 8.84. The molecule has 1 aromatic rings. The lowest BCUT2D eigenvalue weighted by atomic mass is 9.79. The molecule has 0 radical (unpaired) electrons. The van der Waals surface area contributed by atoms with Crippen molar-refractivity contribution in [3.05, 3.63) is 18.0 Å². The summed E-state index contributed by atoms with van der Waals surface area (Å²) in [6, 6.07) is -0.860. The van der Waals surface area contributed by atoms with Gasteiger partial charge in [0.15, 0.2) is 0 Å². The zero-order valence-corrected chi connectivity index (χ0v) is 14.3. The first-order valence-corrected chi connectivity index (χ1v) is 7.13. The van der Waals surface area contributed by atoms with E-state index in [4.69, 9.17) is 10.5 Å². The number of amides is 1. The highest BCUT2D eigenvalue weighted by Gasteiger charge is 2.35. The Labute approximate surface area is 135 Å². The monoisotopic (exact) mass is 324 g/mol. The van der Waals surface area contributed by atoms with Crippen molar-refractivity contribution in [3.63, 3.8) is 0 Å². The summed E-state index contributed by atoms with van der Waals surface area (Å²) in [4.78, 5) is 31.4. The number of aromatic nitrogens is 2. The molecule has 0 saturated carbocycles. The molecule has 8 nitrogen and oxygen atoms in total. The van der Waals surface area contributed by atoms with Crippen LogP contribution in [0, 0.1) is 0 Å². The Hall–Kier alpha value is -2.22. The summed E-state index contributed by atoms with van der Waals surface area (Å²) in [7, 11) is 1.28. The molecule has 0 aliphatic rings. The number of nitrogens with one attached hydrogen (secondary N) is 1. The van der Waals surface area contributed by atoms with E-state index in [9.17, 15) is 9.59 Å². The first-order chi connectivity index (χ1) is 10.5. The Bertz CT molecular complexity index is 564. The van der Waals surface area contributed by atoms with Crippen molar-refractivity contribution >= 4 is 18.0 Å². The minimum absolute atomic E-state index is 0.102. The van der Waals surface area contributed by atoms with Crippen molar-refractivity contribution in [1.29, 1.82) is 0 Å². The van der Waals surface area contributed by atoms with Gasteiger partial charge in [0.05, 0.1) is 7.11 Å². The predicted molar refractivity (Wildman–Crippen MR) is 84.9 cm³/mol. The maximum atomic E-state index is 11.7. The van der Waals surface area contributed by atoms with E-state index in [1.54, 1.807) is 34.6 Å². The molecule has 1 atom stereocenters. The second kappa shape index (κ2) is 6.91. The maximum Gasteiger partial charge on any atom is 0.414 e. The summed E-state index contributed by atoms with van der Waals surface area (Å²) in [5.41, 5.74) is 5.21. The van der Waals surface area contributed by atoms with Crippen LogP contribution in [-0.2, 0) is 19.7 Å². The fourth-order valence-corrected chi connectivity index (χ4v) is 1.72. The van der Waals surface area contributed by atoms with Crippen molar-refractivity contribution < 1.29 is 19.1 Å². The van der Waals surface area contributed by atoms with Gasteiger partial charge in [-0.15, -0.1) is 0 Å². The Balaban J connectivity index is 2.84. The van der Waals surface area contributed by atoms with Gasteiger partial charge in [0, 0.05) is 17.8 Å². The van der Waals surface area contributed by atoms with E-state index in [1.807, 2.05) is 0 Å². The van der Waals surface area contributed by atoms with Gasteiger partial charge < -0.3 is 15.2 Å². The number of methoxy groups -OCH3 is 1. The average Bonchev–Trinajstić information content (AvgIpc) is 2.44. The van der Waals surface area contributed by atoms with Gasteiger partial charge in [-0.25, -0.2) is 14.8 Å². The first-order valence-electron chi connectivity index (χ1n) is 7.13. The molecule has 8 heteroatoms. The summed E-state index contributed by atoms with van der Waals surface area (Å²) in [6.07, 6.45) is 2.36. The number of rotatable bonds is 4. The molecule has 0 saturated heterocycles. The van der Waals surface area contributed by atoms with E-state index in [1.165, 1.54) is 19.5 Å². The molecule has 1 amide bonds. The smallest absolute Gasteiger partial charge is 0.414 e. The molecular weight excluding hydrogens is 300 g/mol. The minimum atomic E-state index is -0.860. The van der Waals surface area contributed by atoms with Crippen molar-refractivity contribution in [1.82, 2.24) is 9.97 Å². The number of esters is 1. The van der Waals surface area contributed by atoms with E-state index in [-0.39, 0.29) is 5.95 Å². The van der Waals surface area contributed by atoms with Crippen molar-refractivity contribution in [2.24, 2.45) is 5.73 Å². The molecule has 1 aromatic heterocycles. The molecule has 1 rings (SSSR count). The van der Waals surface area contributed by atoms with E-state index >= 15 is 0 Å². The highest BCUT2D eigenvalue weighted by Crippen LogP contribution is 2.26. The van der Waals surface area contributed by atoms with Crippen LogP contribution in [0.15, 0.2) is 12.4 Å². The quantitative estimate of drug-likeness (QED) is 0.808. The zero-order valence-electron chi connectivity index (χ0n) is 14.3. The summed E-state index contributed by atoms with van der Waals surface area (Å²) in [5, 5.41) is 2.43. The first kappa shape index (κ1) is 18.8. The van der Waals surface area contributed by atoms with Gasteiger partial charge in [-0.3, -0.25) is 10.1 Å². The van der Waals surface area contributed by atoms with Gasteiger partial charge in [-0.1, -0.05) is 13.8 Å². The SMILES string of the molecule is COC(=O)C(N)C(C)(C)c1cnc(NC(=O)OC(C)(C)C)nc1. The second-order valence-corrected chi connectivity index (χ2v) is 6.64. The van der Waals surface area contributed by atoms with Crippen molar-refractivity contribution in [3.8, 4) is 0 Å². The lowest BCUT2D eigenvalue weighted by Gasteiger charge is -2.29. The highest BCUT2D eigenvalue weighted by atomic mass is 16.6. The number of carbonyl (C=O) groups excluding carboxylic acids is 2. The van der Waals surface area contributed by atoms with E-state index in [0.717, 1.165) is 0 Å². The summed E-state index contributed by atoms with van der Waals surface area (Å²) >= 11 is 0. The minimum Gasteiger partial charge on any atom is -0.468 e. The van der Waals surface area contributed by atoms with Gasteiger partial charge in [-0.05, 0) is 26.3 Å². The number of hydrogen-bond donors (Lipinski definition) is 2. The fourth-order valence-electron chi connectivity index (χ4n) is 1.72. The van der Waals surface area contributed by atoms with E-state index in [2.05, 4.69) is 20.0 Å². The Morgan fingerprint density at radius 2 is 1.70 bits per heavy atom. The number of ether oxygens (including phenoxy) is 2. The molecule has 23 heavy (non-hydrogen) atoms. The fraction of sp³-hybridized carbons (Fsp3) is 0.600. The number of hydrogen-bond acceptors (Lipinski definition) is 7. The molecule has 128 valence electrons. The third kappa shape index (κ3) is 5.17. The predicted octanol–water partition coefficient (Wildman–Crippen LogP) is 1.60. The van der Waals surface area contributed by atoms with Gasteiger partial charge in [-0.2, -0.15) is 0 Å². The molecule has 0 bridgehead atoms. The second-order valence-electron chi connectivity index (χ2n) is 6.64. The molecule has 0 aromatic carbocycles. The van der Waals surface area contributed by atoms with Crippen LogP contribution in [0.25, 0.3) is 0 Å². The number of nitrogens with two attached hydrogens (primary N) is 1. The lowest BCUT2D eigenvalue weighted by Crippen LogP contribution is -2.47. The Morgan fingerprint density at radius 3 is 2.13 bits per heavy atom. The van der Waals surface area contributed by atoms with Crippen LogP contribution in [0.2, 0.25) is 0 Å². The lowest BCUT2D eigenvalue weighted by molar-refractivity contribution is -0.143. The zero-order chi connectivity index (χ0) is 17.8. The van der Waals surface area contributed by atoms with Crippen molar-refractivity contribution in [2.75, 3.05) is 12.4 Å². The normalized spacial score (nSPS) is 13.2. The third-order valence-corrected chi connectivity index (χ3v) is 3.24. The van der Waals surface area contributed by atoms with Gasteiger partial charge in [0.2, 0.25) is 5.95 Å². The van der Waals surface area contributed by atoms with Crippen LogP contribution >= 0.6 is 0 Å². The van der Waals surface area contributed by atoms with Crippen LogP contribution in [0.5, 0.6) is 0 Å². The Kier molecular flexibility index (Phi) is 5.65. The van der Waals surface area contributed by atoms with Gasteiger partial charge in [0.25, 0.3) is 0 Å². The average molecular weight is 324 g/mol. The largest absolute Gasteiger partial charge is 0.468 e. The van der Waals surface area contributed by atoms with Crippen LogP contribution in [0.1, 0.15) is 40.2 Å². The van der Waals surface area contributed by atoms with Crippen LogP contribution in [0.3, 0.4) is 0 Å². The molecular formula is C15H24N4O4. The van der Waals surface area contributed by atoms with Crippen LogP contribution in [0.4, 0.5) is 10.7 Å². The van der Waals surface area contributed by atoms with E-state index < -0.39 is 29.1 Å². The summed E-state index contributed by atoms with van der Waals surface area (Å²) < 4.78 is 9.78. The molecule has 0 fully saturated rings. The molecule has 0 spiro atoms. The van der Waals surface area contributed by atoms with Gasteiger partial charge >= 0.3 is 12.1 Å². The molecule has 3 N–H and O–H groups in total. The molecule has 0 aliphatic carbocycles. The molecule has 0 aliphatic heterocycles.